The first kappa shape index (κ1) is 11.3. The summed E-state index contributed by atoms with van der Waals surface area (Å²) in [5.74, 6) is 1.11. The molecule has 78 valence electrons. The average Bonchev–Trinajstić information content (AvgIpc) is 2.67. The molecule has 0 radical (unpaired) electrons. The standard InChI is InChI=1S/C10H15NO2S/c1-2-3-4-9(12)5-8-14-10-11-6-7-13-10/h6-7H,2-5,8H2,1H3. The summed E-state index contributed by atoms with van der Waals surface area (Å²) in [6.07, 6.45) is 6.57. The summed E-state index contributed by atoms with van der Waals surface area (Å²) in [7, 11) is 0. The Labute approximate surface area is 88.3 Å². The van der Waals surface area contributed by atoms with Gasteiger partial charge in [0.2, 0.25) is 0 Å². The molecule has 0 unspecified atom stereocenters. The molecule has 0 aliphatic carbocycles. The molecule has 0 aromatic carbocycles. The number of hydrogen-bond donors (Lipinski definition) is 0. The van der Waals surface area contributed by atoms with E-state index in [1.165, 1.54) is 11.8 Å². The summed E-state index contributed by atoms with van der Waals surface area (Å²) in [5.41, 5.74) is 0. The maximum absolute atomic E-state index is 11.3. The van der Waals surface area contributed by atoms with Crippen molar-refractivity contribution in [3.8, 4) is 0 Å². The van der Waals surface area contributed by atoms with Crippen molar-refractivity contribution >= 4 is 17.5 Å². The predicted molar refractivity (Wildman–Crippen MR) is 56.4 cm³/mol. The summed E-state index contributed by atoms with van der Waals surface area (Å²) in [4.78, 5) is 15.2. The molecule has 1 aromatic heterocycles. The SMILES string of the molecule is CCCCC(=O)CCSc1ncco1. The van der Waals surface area contributed by atoms with Gasteiger partial charge in [0.25, 0.3) is 5.22 Å². The van der Waals surface area contributed by atoms with Crippen molar-refractivity contribution in [2.24, 2.45) is 0 Å². The average molecular weight is 213 g/mol. The molecule has 0 N–H and O–H groups in total. The lowest BCUT2D eigenvalue weighted by Gasteiger charge is -1.97. The van der Waals surface area contributed by atoms with E-state index in [1.54, 1.807) is 12.5 Å². The van der Waals surface area contributed by atoms with Gasteiger partial charge in [-0.05, 0) is 6.42 Å². The quantitative estimate of drug-likeness (QED) is 0.653. The minimum absolute atomic E-state index is 0.339. The van der Waals surface area contributed by atoms with Crippen LogP contribution in [-0.2, 0) is 4.79 Å². The van der Waals surface area contributed by atoms with Gasteiger partial charge >= 0.3 is 0 Å². The first-order valence-corrected chi connectivity index (χ1v) is 5.85. The highest BCUT2D eigenvalue weighted by Crippen LogP contribution is 2.16. The predicted octanol–water partition coefficient (Wildman–Crippen LogP) is 2.92. The van der Waals surface area contributed by atoms with E-state index in [-0.39, 0.29) is 0 Å². The zero-order chi connectivity index (χ0) is 10.2. The second-order valence-corrected chi connectivity index (χ2v) is 4.08. The highest BCUT2D eigenvalue weighted by molar-refractivity contribution is 7.99. The van der Waals surface area contributed by atoms with Gasteiger partial charge in [-0.1, -0.05) is 25.1 Å². The molecule has 0 spiro atoms. The third kappa shape index (κ3) is 4.46. The molecule has 0 saturated carbocycles. The summed E-state index contributed by atoms with van der Waals surface area (Å²) >= 11 is 1.49. The fourth-order valence-corrected chi connectivity index (χ4v) is 1.80. The molecule has 0 aliphatic heterocycles. The van der Waals surface area contributed by atoms with E-state index >= 15 is 0 Å². The van der Waals surface area contributed by atoms with Crippen molar-refractivity contribution in [3.63, 3.8) is 0 Å². The molecule has 1 rings (SSSR count). The molecule has 0 saturated heterocycles. The maximum atomic E-state index is 11.3. The van der Waals surface area contributed by atoms with E-state index in [2.05, 4.69) is 11.9 Å². The molecule has 0 fully saturated rings. The minimum Gasteiger partial charge on any atom is -0.440 e. The molecule has 4 heteroatoms. The van der Waals surface area contributed by atoms with E-state index in [4.69, 9.17) is 4.42 Å². The summed E-state index contributed by atoms with van der Waals surface area (Å²) in [6.45, 7) is 2.09. The Bertz CT molecular complexity index is 259. The highest BCUT2D eigenvalue weighted by Gasteiger charge is 2.03. The monoisotopic (exact) mass is 213 g/mol. The number of carbonyl (C=O) groups is 1. The molecule has 1 heterocycles. The summed E-state index contributed by atoms with van der Waals surface area (Å²) in [6, 6.07) is 0. The van der Waals surface area contributed by atoms with Crippen LogP contribution < -0.4 is 0 Å². The minimum atomic E-state index is 0.339. The second-order valence-electron chi connectivity index (χ2n) is 3.04. The number of nitrogens with zero attached hydrogens (tertiary/aromatic N) is 1. The number of aromatic nitrogens is 1. The fraction of sp³-hybridized carbons (Fsp3) is 0.600. The van der Waals surface area contributed by atoms with Crippen LogP contribution in [0.2, 0.25) is 0 Å². The fourth-order valence-electron chi connectivity index (χ4n) is 1.03. The Morgan fingerprint density at radius 3 is 3.07 bits per heavy atom. The molecular weight excluding hydrogens is 198 g/mol. The van der Waals surface area contributed by atoms with Crippen LogP contribution in [0, 0.1) is 0 Å². The molecule has 0 amide bonds. The van der Waals surface area contributed by atoms with Crippen molar-refractivity contribution in [2.45, 2.75) is 37.8 Å². The third-order valence-corrected chi connectivity index (χ3v) is 2.68. The number of thioether (sulfide) groups is 1. The number of ketones is 1. The van der Waals surface area contributed by atoms with Crippen molar-refractivity contribution < 1.29 is 9.21 Å². The number of rotatable bonds is 7. The van der Waals surface area contributed by atoms with Gasteiger partial charge in [-0.3, -0.25) is 4.79 Å². The van der Waals surface area contributed by atoms with Crippen LogP contribution in [0.4, 0.5) is 0 Å². The van der Waals surface area contributed by atoms with Crippen LogP contribution in [0.1, 0.15) is 32.6 Å². The Balaban J connectivity index is 2.06. The van der Waals surface area contributed by atoms with Gasteiger partial charge < -0.3 is 4.42 Å². The van der Waals surface area contributed by atoms with Gasteiger partial charge in [-0.2, -0.15) is 0 Å². The lowest BCUT2D eigenvalue weighted by Crippen LogP contribution is -1.98. The van der Waals surface area contributed by atoms with Crippen LogP contribution >= 0.6 is 11.8 Å². The number of hydrogen-bond acceptors (Lipinski definition) is 4. The first-order valence-electron chi connectivity index (χ1n) is 4.87. The Morgan fingerprint density at radius 2 is 2.43 bits per heavy atom. The molecule has 3 nitrogen and oxygen atoms in total. The Kier molecular flexibility index (Phi) is 5.37. The van der Waals surface area contributed by atoms with Gasteiger partial charge in [-0.25, -0.2) is 4.98 Å². The number of Topliss-reactive ketones (excluding diaryl/α,β-unsaturated/α-hetero) is 1. The topological polar surface area (TPSA) is 43.1 Å². The molecule has 14 heavy (non-hydrogen) atoms. The molecule has 0 bridgehead atoms. The van der Waals surface area contributed by atoms with Gasteiger partial charge in [0.05, 0.1) is 6.20 Å². The zero-order valence-corrected chi connectivity index (χ0v) is 9.18. The first-order chi connectivity index (χ1) is 6.83. The van der Waals surface area contributed by atoms with Crippen molar-refractivity contribution in [1.82, 2.24) is 4.98 Å². The number of carbonyl (C=O) groups excluding carboxylic acids is 1. The lowest BCUT2D eigenvalue weighted by atomic mass is 10.1. The molecular formula is C10H15NO2S. The lowest BCUT2D eigenvalue weighted by molar-refractivity contribution is -0.118. The van der Waals surface area contributed by atoms with Crippen molar-refractivity contribution in [3.05, 3.63) is 12.5 Å². The third-order valence-electron chi connectivity index (χ3n) is 1.83. The van der Waals surface area contributed by atoms with Crippen LogP contribution in [0.25, 0.3) is 0 Å². The van der Waals surface area contributed by atoms with Gasteiger partial charge in [0.1, 0.15) is 12.0 Å². The van der Waals surface area contributed by atoms with Crippen molar-refractivity contribution in [1.29, 1.82) is 0 Å². The Morgan fingerprint density at radius 1 is 1.57 bits per heavy atom. The molecule has 0 aliphatic rings. The van der Waals surface area contributed by atoms with Crippen molar-refractivity contribution in [2.75, 3.05) is 5.75 Å². The second kappa shape index (κ2) is 6.65. The Hall–Kier alpha value is -0.770. The normalized spacial score (nSPS) is 10.4. The zero-order valence-electron chi connectivity index (χ0n) is 8.36. The highest BCUT2D eigenvalue weighted by atomic mass is 32.2. The maximum Gasteiger partial charge on any atom is 0.255 e. The summed E-state index contributed by atoms with van der Waals surface area (Å²) < 4.78 is 5.04. The van der Waals surface area contributed by atoms with E-state index in [1.807, 2.05) is 0 Å². The number of oxazole rings is 1. The van der Waals surface area contributed by atoms with Crippen LogP contribution in [-0.4, -0.2) is 16.5 Å². The molecule has 1 aromatic rings. The van der Waals surface area contributed by atoms with Crippen LogP contribution in [0.5, 0.6) is 0 Å². The van der Waals surface area contributed by atoms with Crippen LogP contribution in [0.15, 0.2) is 22.1 Å². The van der Waals surface area contributed by atoms with Gasteiger partial charge in [-0.15, -0.1) is 0 Å². The number of unbranched alkanes of at least 4 members (excludes halogenated alkanes) is 1. The van der Waals surface area contributed by atoms with E-state index in [0.717, 1.165) is 18.6 Å². The largest absolute Gasteiger partial charge is 0.440 e. The van der Waals surface area contributed by atoms with Gasteiger partial charge in [0.15, 0.2) is 0 Å². The van der Waals surface area contributed by atoms with E-state index in [0.29, 0.717) is 23.8 Å². The smallest absolute Gasteiger partial charge is 0.255 e. The molecule has 0 atom stereocenters. The van der Waals surface area contributed by atoms with E-state index in [9.17, 15) is 4.79 Å². The van der Waals surface area contributed by atoms with Crippen LogP contribution in [0.3, 0.4) is 0 Å². The van der Waals surface area contributed by atoms with Gasteiger partial charge in [0, 0.05) is 18.6 Å². The van der Waals surface area contributed by atoms with E-state index < -0.39 is 0 Å². The summed E-state index contributed by atoms with van der Waals surface area (Å²) in [5, 5.41) is 0.647.